The van der Waals surface area contributed by atoms with Crippen molar-refractivity contribution in [2.24, 2.45) is 10.9 Å². The van der Waals surface area contributed by atoms with E-state index in [-0.39, 0.29) is 12.3 Å². The number of hydrogen-bond acceptors (Lipinski definition) is 8. The van der Waals surface area contributed by atoms with Crippen LogP contribution in [0.15, 0.2) is 41.2 Å². The molecule has 10 heteroatoms. The molecule has 0 bridgehead atoms. The Balaban J connectivity index is 1.61. The van der Waals surface area contributed by atoms with Gasteiger partial charge in [-0.1, -0.05) is 6.07 Å². The molecule has 4 rings (SSSR count). The first-order chi connectivity index (χ1) is 15.0. The maximum atomic E-state index is 15.3. The molecule has 0 radical (unpaired) electrons. The highest BCUT2D eigenvalue weighted by Crippen LogP contribution is 2.36. The van der Waals surface area contributed by atoms with Crippen molar-refractivity contribution in [1.82, 2.24) is 9.88 Å². The summed E-state index contributed by atoms with van der Waals surface area (Å²) in [5.74, 6) is -2.63. The fourth-order valence-electron chi connectivity index (χ4n) is 4.31. The molecule has 0 spiro atoms. The number of carboxylic acid groups (broad SMARTS) is 1. The highest BCUT2D eigenvalue weighted by Gasteiger charge is 2.55. The summed E-state index contributed by atoms with van der Waals surface area (Å²) in [5.41, 5.74) is -0.790. The molecule has 9 nitrogen and oxygen atoms in total. The molecule has 3 aliphatic rings. The largest absolute Gasteiger partial charge is 0.478 e. The van der Waals surface area contributed by atoms with Gasteiger partial charge in [0.25, 0.3) is 0 Å². The van der Waals surface area contributed by atoms with E-state index in [1.165, 1.54) is 6.20 Å². The number of rotatable bonds is 5. The number of carbonyl (C=O) groups excluding carboxylic acids is 1. The van der Waals surface area contributed by atoms with Crippen LogP contribution in [-0.4, -0.2) is 82.7 Å². The standard InChI is InChI=1S/C21H24FN5O4/c22-15-16(23)14-18-20(17(15)26-8-7-25-13-5-1-2-6-24-13)31-10-4-3-9-27(18)11-12(19(14)28)21(29)30/h1-2,5-6,11,14-15,18,20,23H,3-4,7-10H2,(H,24,25)(H,29,30). The van der Waals surface area contributed by atoms with Crippen molar-refractivity contribution in [3.05, 3.63) is 36.2 Å². The van der Waals surface area contributed by atoms with Crippen molar-refractivity contribution in [2.75, 3.05) is 31.6 Å². The Labute approximate surface area is 178 Å². The Morgan fingerprint density at radius 1 is 1.42 bits per heavy atom. The molecule has 3 heterocycles. The number of carboxylic acids is 1. The molecule has 31 heavy (non-hydrogen) atoms. The number of aromatic nitrogens is 1. The van der Waals surface area contributed by atoms with Gasteiger partial charge in [0.15, 0.2) is 12.0 Å². The lowest BCUT2D eigenvalue weighted by atomic mass is 9.72. The van der Waals surface area contributed by atoms with Crippen LogP contribution < -0.4 is 5.32 Å². The average molecular weight is 429 g/mol. The van der Waals surface area contributed by atoms with Crippen LogP contribution in [0.3, 0.4) is 0 Å². The zero-order chi connectivity index (χ0) is 22.0. The van der Waals surface area contributed by atoms with Crippen LogP contribution in [0.5, 0.6) is 0 Å². The minimum atomic E-state index is -1.89. The Bertz CT molecular complexity index is 935. The molecule has 4 unspecified atom stereocenters. The monoisotopic (exact) mass is 429 g/mol. The summed E-state index contributed by atoms with van der Waals surface area (Å²) in [6.07, 6.45) is 1.72. The number of Topliss-reactive ketones (excluding diaryl/α,β-unsaturated/α-hetero) is 1. The number of carbonyl (C=O) groups is 2. The third-order valence-electron chi connectivity index (χ3n) is 5.75. The van der Waals surface area contributed by atoms with Gasteiger partial charge in [-0.05, 0) is 25.0 Å². The van der Waals surface area contributed by atoms with E-state index in [1.807, 2.05) is 12.1 Å². The summed E-state index contributed by atoms with van der Waals surface area (Å²) in [4.78, 5) is 34.6. The molecule has 1 aromatic rings. The lowest BCUT2D eigenvalue weighted by Crippen LogP contribution is -2.65. The molecule has 1 aliphatic carbocycles. The van der Waals surface area contributed by atoms with Crippen molar-refractivity contribution in [1.29, 1.82) is 5.41 Å². The van der Waals surface area contributed by atoms with E-state index in [0.29, 0.717) is 25.5 Å². The summed E-state index contributed by atoms with van der Waals surface area (Å²) >= 11 is 0. The smallest absolute Gasteiger partial charge is 0.340 e. The first-order valence-electron chi connectivity index (χ1n) is 10.3. The molecular formula is C21H24FN5O4. The van der Waals surface area contributed by atoms with E-state index < -0.39 is 47.3 Å². The molecule has 4 atom stereocenters. The predicted octanol–water partition coefficient (Wildman–Crippen LogP) is 1.32. The fraction of sp³-hybridized carbons (Fsp3) is 0.476. The van der Waals surface area contributed by atoms with Crippen LogP contribution in [0.2, 0.25) is 0 Å². The van der Waals surface area contributed by atoms with Crippen LogP contribution in [-0.2, 0) is 14.3 Å². The van der Waals surface area contributed by atoms with E-state index in [4.69, 9.17) is 10.1 Å². The van der Waals surface area contributed by atoms with E-state index >= 15 is 4.39 Å². The third kappa shape index (κ3) is 4.07. The molecule has 0 aromatic carbocycles. The average Bonchev–Trinajstić information content (AvgIpc) is 2.74. The molecule has 2 fully saturated rings. The number of ketones is 1. The van der Waals surface area contributed by atoms with Gasteiger partial charge in [0.05, 0.1) is 29.9 Å². The number of aliphatic imine (C=N–C) groups is 1. The lowest BCUT2D eigenvalue weighted by Gasteiger charge is -2.48. The number of nitrogens with zero attached hydrogens (tertiary/aromatic N) is 3. The summed E-state index contributed by atoms with van der Waals surface area (Å²) in [5, 5.41) is 20.8. The number of ether oxygens (including phenoxy) is 1. The number of anilines is 1. The summed E-state index contributed by atoms with van der Waals surface area (Å²) in [6.45, 7) is 1.54. The fourth-order valence-corrected chi connectivity index (χ4v) is 4.31. The van der Waals surface area contributed by atoms with E-state index in [9.17, 15) is 14.7 Å². The van der Waals surface area contributed by atoms with E-state index in [0.717, 1.165) is 12.8 Å². The number of hydrogen-bond donors (Lipinski definition) is 3. The van der Waals surface area contributed by atoms with Gasteiger partial charge in [0.2, 0.25) is 0 Å². The van der Waals surface area contributed by atoms with Gasteiger partial charge in [-0.3, -0.25) is 9.79 Å². The minimum absolute atomic E-state index is 0.0842. The van der Waals surface area contributed by atoms with E-state index in [1.54, 1.807) is 17.2 Å². The van der Waals surface area contributed by atoms with Crippen molar-refractivity contribution in [3.8, 4) is 0 Å². The van der Waals surface area contributed by atoms with E-state index in [2.05, 4.69) is 15.3 Å². The van der Waals surface area contributed by atoms with Crippen molar-refractivity contribution in [3.63, 3.8) is 0 Å². The number of alkyl halides is 1. The highest BCUT2D eigenvalue weighted by atomic mass is 19.1. The van der Waals surface area contributed by atoms with Crippen molar-refractivity contribution >= 4 is 29.0 Å². The molecule has 164 valence electrons. The molecule has 0 amide bonds. The van der Waals surface area contributed by atoms with Gasteiger partial charge in [-0.25, -0.2) is 14.2 Å². The molecule has 1 saturated carbocycles. The molecule has 3 N–H and O–H groups in total. The molecule has 1 saturated heterocycles. The zero-order valence-electron chi connectivity index (χ0n) is 16.8. The highest BCUT2D eigenvalue weighted by molar-refractivity contribution is 6.29. The summed E-state index contributed by atoms with van der Waals surface area (Å²) in [7, 11) is 0. The van der Waals surface area contributed by atoms with Gasteiger partial charge in [0.1, 0.15) is 17.5 Å². The molecular weight excluding hydrogens is 405 g/mol. The third-order valence-corrected chi connectivity index (χ3v) is 5.75. The topological polar surface area (TPSA) is 128 Å². The van der Waals surface area contributed by atoms with Gasteiger partial charge >= 0.3 is 5.97 Å². The second-order valence-corrected chi connectivity index (χ2v) is 7.68. The number of nitrogens with one attached hydrogen (secondary N) is 2. The number of aliphatic carboxylic acids is 1. The maximum absolute atomic E-state index is 15.3. The minimum Gasteiger partial charge on any atom is -0.478 e. The Morgan fingerprint density at radius 3 is 3.00 bits per heavy atom. The second-order valence-electron chi connectivity index (χ2n) is 7.68. The summed E-state index contributed by atoms with van der Waals surface area (Å²) in [6, 6.07) is 4.79. The van der Waals surface area contributed by atoms with Gasteiger partial charge in [-0.15, -0.1) is 0 Å². The molecule has 1 aromatic heterocycles. The van der Waals surface area contributed by atoms with Crippen molar-refractivity contribution in [2.45, 2.75) is 31.2 Å². The van der Waals surface area contributed by atoms with Gasteiger partial charge < -0.3 is 25.5 Å². The van der Waals surface area contributed by atoms with Gasteiger partial charge in [-0.2, -0.15) is 0 Å². The Kier molecular flexibility index (Phi) is 6.08. The van der Waals surface area contributed by atoms with Crippen LogP contribution >= 0.6 is 0 Å². The number of pyridine rings is 1. The maximum Gasteiger partial charge on any atom is 0.340 e. The Morgan fingerprint density at radius 2 is 2.26 bits per heavy atom. The molecule has 2 aliphatic heterocycles. The normalized spacial score (nSPS) is 29.6. The second kappa shape index (κ2) is 8.93. The first-order valence-corrected chi connectivity index (χ1v) is 10.3. The zero-order valence-corrected chi connectivity index (χ0v) is 16.8. The quantitative estimate of drug-likeness (QED) is 0.476. The van der Waals surface area contributed by atoms with Crippen molar-refractivity contribution < 1.29 is 23.8 Å². The number of halogens is 1. The predicted molar refractivity (Wildman–Crippen MR) is 111 cm³/mol. The Hall–Kier alpha value is -3.14. The summed E-state index contributed by atoms with van der Waals surface area (Å²) < 4.78 is 21.2. The first kappa shape index (κ1) is 21.1. The van der Waals surface area contributed by atoms with Crippen LogP contribution in [0.4, 0.5) is 10.2 Å². The van der Waals surface area contributed by atoms with Crippen LogP contribution in [0.1, 0.15) is 12.8 Å². The van der Waals surface area contributed by atoms with Gasteiger partial charge in [0, 0.05) is 32.1 Å². The lowest BCUT2D eigenvalue weighted by molar-refractivity contribution is -0.136. The van der Waals surface area contributed by atoms with Crippen LogP contribution in [0, 0.1) is 11.3 Å². The van der Waals surface area contributed by atoms with Crippen LogP contribution in [0.25, 0.3) is 0 Å². The SMILES string of the molecule is N=C1C(F)C(=NCCNc2ccccn2)C2OCCCCN3C=C(C(=O)O)C(=O)C1C23.